The predicted octanol–water partition coefficient (Wildman–Crippen LogP) is 11.7. The molecule has 2 aromatic heterocycles. The molecule has 6 aromatic carbocycles. The van der Waals surface area contributed by atoms with E-state index in [0.29, 0.717) is 23.7 Å². The topological polar surface area (TPSA) is 60.0 Å². The fraction of sp³-hybridized carbons (Fsp3) is 0.259. The van der Waals surface area contributed by atoms with Crippen LogP contribution in [-0.2, 0) is 14.1 Å². The summed E-state index contributed by atoms with van der Waals surface area (Å²) in [5.41, 5.74) is 15.2. The van der Waals surface area contributed by atoms with E-state index in [1.165, 1.54) is 39.1 Å². The van der Waals surface area contributed by atoms with Crippen molar-refractivity contribution in [3.8, 4) is 22.5 Å². The predicted molar refractivity (Wildman–Crippen MR) is 277 cm³/mol. The van der Waals surface area contributed by atoms with E-state index in [1.807, 2.05) is 84.3 Å². The van der Waals surface area contributed by atoms with Gasteiger partial charge in [-0.05, 0) is 74.7 Å². The van der Waals surface area contributed by atoms with E-state index in [2.05, 4.69) is 187 Å². The van der Waals surface area contributed by atoms with E-state index in [1.54, 1.807) is 0 Å². The molecule has 1 atom stereocenters. The molecule has 0 saturated heterocycles. The van der Waals surface area contributed by atoms with Crippen molar-refractivity contribution in [3.05, 3.63) is 215 Å². The first kappa shape index (κ1) is 53.1. The molecule has 8 aromatic rings. The number of benzene rings is 6. The van der Waals surface area contributed by atoms with Crippen molar-refractivity contribution in [1.82, 2.24) is 19.6 Å². The van der Waals surface area contributed by atoms with Gasteiger partial charge in [0.05, 0.1) is 35.0 Å². The molecule has 0 bridgehead atoms. The summed E-state index contributed by atoms with van der Waals surface area (Å²) in [5, 5.41) is 13.5. The van der Waals surface area contributed by atoms with Crippen molar-refractivity contribution in [2.45, 2.75) is 85.1 Å². The molecule has 1 N–H and O–H groups in total. The van der Waals surface area contributed by atoms with Crippen molar-refractivity contribution < 1.29 is 17.0 Å². The number of hydrogen-bond donors (Lipinski definition) is 1. The third-order valence-corrected chi connectivity index (χ3v) is 11.3. The van der Waals surface area contributed by atoms with Gasteiger partial charge in [0, 0.05) is 19.8 Å². The van der Waals surface area contributed by atoms with Gasteiger partial charge < -0.3 is 22.3 Å². The summed E-state index contributed by atoms with van der Waals surface area (Å²) in [4.78, 5) is 4.87. The number of rotatable bonds is 12. The summed E-state index contributed by atoms with van der Waals surface area (Å²) in [7, 11) is 4.00. The maximum absolute atomic E-state index is 4.96. The van der Waals surface area contributed by atoms with Crippen molar-refractivity contribution >= 4 is 40.6 Å². The number of hydrogen-bond acceptors (Lipinski definition) is 4. The minimum Gasteiger partial charge on any atom is -1.00 e. The van der Waals surface area contributed by atoms with Gasteiger partial charge >= 0.3 is 23.1 Å². The molecule has 8 rings (SSSR count). The van der Waals surface area contributed by atoms with Crippen LogP contribution in [0.3, 0.4) is 0 Å². The van der Waals surface area contributed by atoms with Gasteiger partial charge in [-0.25, -0.2) is 0 Å². The molecule has 0 amide bonds. The molecular formula is C58H65BrMgN6. The minimum atomic E-state index is -0.0442. The first-order valence-electron chi connectivity index (χ1n) is 22.6. The SMILES string of the molecule is CC(C)c1cccc(C(C)C)c1N=Cc1cc(-c2ccccc2)n(C)n1.CC(C)c1cccc(C(C)C)c1NC(c1ccccc1)c1cc(-c2ccccc2)n(C)n1.[Br-].[Mg+2].[c-]1ccccc1. The summed E-state index contributed by atoms with van der Waals surface area (Å²) in [5.74, 6) is 1.72. The Labute approximate surface area is 421 Å². The second kappa shape index (κ2) is 26.0. The van der Waals surface area contributed by atoms with Crippen LogP contribution in [0.5, 0.6) is 0 Å². The monoisotopic (exact) mass is 948 g/mol. The number of anilines is 1. The zero-order chi connectivity index (χ0) is 45.6. The molecule has 6 nitrogen and oxygen atoms in total. The van der Waals surface area contributed by atoms with E-state index in [0.717, 1.165) is 34.0 Å². The number of para-hydroxylation sites is 2. The molecule has 0 aliphatic rings. The molecule has 0 saturated carbocycles. The van der Waals surface area contributed by atoms with E-state index in [-0.39, 0.29) is 46.1 Å². The standard InChI is InChI=1S/C29H33N3.C23H27N3.C6H5.BrH.Mg/c1-20(2)24-17-12-18-25(21(3)4)29(24)30-28(23-15-10-7-11-16-23)26-19-27(32(5)31-26)22-13-8-6-9-14-22;1-16(2)20-12-9-13-21(17(3)4)23(20)24-15-19-14-22(26(5)25-19)18-10-7-6-8-11-18;1-2-4-6-5-3-1;;/h6-21,28,30H,1-5H3;6-17H,1-5H3;1-5H;1H;/q;;-1;;+2/p-1. The van der Waals surface area contributed by atoms with Crippen molar-refractivity contribution in [2.24, 2.45) is 19.1 Å². The molecule has 0 radical (unpaired) electrons. The first-order chi connectivity index (χ1) is 30.9. The van der Waals surface area contributed by atoms with Gasteiger partial charge in [0.25, 0.3) is 0 Å². The number of aromatic nitrogens is 4. The van der Waals surface area contributed by atoms with Crippen LogP contribution in [0.2, 0.25) is 0 Å². The van der Waals surface area contributed by atoms with E-state index in [4.69, 9.17) is 10.1 Å². The average Bonchev–Trinajstić information content (AvgIpc) is 3.90. The van der Waals surface area contributed by atoms with Crippen LogP contribution in [0.1, 0.15) is 124 Å². The Bertz CT molecular complexity index is 2590. The third-order valence-electron chi connectivity index (χ3n) is 11.3. The zero-order valence-electron chi connectivity index (χ0n) is 40.5. The Kier molecular flexibility index (Phi) is 20.9. The number of aryl methyl sites for hydroxylation is 2. The van der Waals surface area contributed by atoms with Crippen LogP contribution in [0.4, 0.5) is 11.4 Å². The Morgan fingerprint density at radius 2 is 0.939 bits per heavy atom. The normalized spacial score (nSPS) is 11.4. The summed E-state index contributed by atoms with van der Waals surface area (Å²) < 4.78 is 3.90. The van der Waals surface area contributed by atoms with Crippen LogP contribution >= 0.6 is 0 Å². The largest absolute Gasteiger partial charge is 2.00 e. The van der Waals surface area contributed by atoms with Crippen LogP contribution in [0.15, 0.2) is 175 Å². The average molecular weight is 950 g/mol. The van der Waals surface area contributed by atoms with Gasteiger partial charge in [-0.3, -0.25) is 14.4 Å². The van der Waals surface area contributed by atoms with Crippen LogP contribution < -0.4 is 22.3 Å². The Balaban J connectivity index is 0.000000252. The summed E-state index contributed by atoms with van der Waals surface area (Å²) >= 11 is 0. The zero-order valence-corrected chi connectivity index (χ0v) is 43.5. The second-order valence-electron chi connectivity index (χ2n) is 17.4. The second-order valence-corrected chi connectivity index (χ2v) is 17.4. The smallest absolute Gasteiger partial charge is 1.00 e. The van der Waals surface area contributed by atoms with Crippen molar-refractivity contribution in [3.63, 3.8) is 0 Å². The minimum absolute atomic E-state index is 0. The fourth-order valence-electron chi connectivity index (χ4n) is 7.91. The molecule has 0 aliphatic heterocycles. The molecule has 336 valence electrons. The molecule has 0 aliphatic carbocycles. The maximum Gasteiger partial charge on any atom is 2.00 e. The van der Waals surface area contributed by atoms with E-state index < -0.39 is 0 Å². The molecule has 1 unspecified atom stereocenters. The van der Waals surface area contributed by atoms with Crippen LogP contribution in [-0.4, -0.2) is 48.8 Å². The maximum atomic E-state index is 4.96. The van der Waals surface area contributed by atoms with Gasteiger partial charge in [-0.15, -0.1) is 0 Å². The molecular weight excluding hydrogens is 885 g/mol. The first-order valence-corrected chi connectivity index (χ1v) is 22.6. The van der Waals surface area contributed by atoms with Gasteiger partial charge in [0.2, 0.25) is 0 Å². The summed E-state index contributed by atoms with van der Waals surface area (Å²) in [6.45, 7) is 17.9. The van der Waals surface area contributed by atoms with Gasteiger partial charge in [-0.2, -0.15) is 46.6 Å². The van der Waals surface area contributed by atoms with Crippen molar-refractivity contribution in [2.75, 3.05) is 5.32 Å². The van der Waals surface area contributed by atoms with Crippen LogP contribution in [0.25, 0.3) is 22.5 Å². The Morgan fingerprint density at radius 1 is 0.515 bits per heavy atom. The molecule has 66 heavy (non-hydrogen) atoms. The summed E-state index contributed by atoms with van der Waals surface area (Å²) in [6, 6.07) is 61.3. The Hall–Kier alpha value is -5.54. The Morgan fingerprint density at radius 3 is 1.38 bits per heavy atom. The number of nitrogens with zero attached hydrogens (tertiary/aromatic N) is 5. The van der Waals surface area contributed by atoms with E-state index in [9.17, 15) is 0 Å². The van der Waals surface area contributed by atoms with Crippen molar-refractivity contribution in [1.29, 1.82) is 0 Å². The number of halogens is 1. The fourth-order valence-corrected chi connectivity index (χ4v) is 7.91. The van der Waals surface area contributed by atoms with Gasteiger partial charge in [-0.1, -0.05) is 183 Å². The molecule has 0 fully saturated rings. The molecule has 8 heteroatoms. The third kappa shape index (κ3) is 14.0. The van der Waals surface area contributed by atoms with E-state index >= 15 is 0 Å². The quantitative estimate of drug-likeness (QED) is 0.0754. The van der Waals surface area contributed by atoms with Gasteiger partial charge in [0.1, 0.15) is 5.69 Å². The summed E-state index contributed by atoms with van der Waals surface area (Å²) in [6.07, 6.45) is 1.89. The number of nitrogens with one attached hydrogen (secondary N) is 1. The van der Waals surface area contributed by atoms with Crippen LogP contribution in [0, 0.1) is 6.07 Å². The molecule has 0 spiro atoms. The number of aliphatic imine (C=N–C) groups is 1. The van der Waals surface area contributed by atoms with Gasteiger partial charge in [0.15, 0.2) is 0 Å². The molecule has 2 heterocycles.